The number of aromatic nitrogens is 1. The number of aryl methyl sites for hydroxylation is 1. The van der Waals surface area contributed by atoms with Gasteiger partial charge in [-0.3, -0.25) is 4.98 Å². The molecule has 1 rings (SSSR count). The van der Waals surface area contributed by atoms with E-state index in [-0.39, 0.29) is 0 Å². The Labute approximate surface area is 101 Å². The topological polar surface area (TPSA) is 46.2 Å². The van der Waals surface area contributed by atoms with Gasteiger partial charge in [0, 0.05) is 32.6 Å². The van der Waals surface area contributed by atoms with Crippen LogP contribution < -0.4 is 10.6 Å². The summed E-state index contributed by atoms with van der Waals surface area (Å²) in [5, 5.41) is 6.81. The minimum absolute atomic E-state index is 0.639. The normalized spacial score (nSPS) is 9.88. The number of hydrogen-bond acceptors (Lipinski definition) is 3. The minimum Gasteiger partial charge on any atom is -0.383 e. The first-order chi connectivity index (χ1) is 7.74. The maximum atomic E-state index is 5.11. The molecule has 5 heteroatoms. The van der Waals surface area contributed by atoms with Gasteiger partial charge in [-0.05, 0) is 36.3 Å². The number of nitrogens with zero attached hydrogens (tertiary/aromatic N) is 1. The average Bonchev–Trinajstić information content (AvgIpc) is 2.28. The van der Waals surface area contributed by atoms with Gasteiger partial charge in [0.25, 0.3) is 0 Å². The Kier molecular flexibility index (Phi) is 5.74. The van der Waals surface area contributed by atoms with Crippen LogP contribution in [0.3, 0.4) is 0 Å². The molecule has 0 saturated carbocycles. The van der Waals surface area contributed by atoms with E-state index in [2.05, 4.69) is 22.5 Å². The molecule has 1 heterocycles. The summed E-state index contributed by atoms with van der Waals surface area (Å²) in [6, 6.07) is 1.98. The van der Waals surface area contributed by atoms with Crippen LogP contribution in [-0.4, -0.2) is 30.4 Å². The van der Waals surface area contributed by atoms with Crippen LogP contribution in [-0.2, 0) is 11.3 Å². The molecule has 0 unspecified atom stereocenters. The molecule has 16 heavy (non-hydrogen) atoms. The largest absolute Gasteiger partial charge is 0.383 e. The highest BCUT2D eigenvalue weighted by Gasteiger charge is 1.99. The van der Waals surface area contributed by atoms with Crippen LogP contribution in [0.15, 0.2) is 18.5 Å². The van der Waals surface area contributed by atoms with Crippen molar-refractivity contribution in [3.63, 3.8) is 0 Å². The summed E-state index contributed by atoms with van der Waals surface area (Å²) in [5.74, 6) is 0. The first kappa shape index (κ1) is 12.9. The minimum atomic E-state index is 0.639. The summed E-state index contributed by atoms with van der Waals surface area (Å²) in [6.07, 6.45) is 3.63. The van der Waals surface area contributed by atoms with Crippen molar-refractivity contribution in [2.45, 2.75) is 13.5 Å². The Balaban J connectivity index is 2.29. The van der Waals surface area contributed by atoms with Crippen molar-refractivity contribution in [2.24, 2.45) is 0 Å². The van der Waals surface area contributed by atoms with Crippen molar-refractivity contribution in [3.8, 4) is 0 Å². The zero-order valence-corrected chi connectivity index (χ0v) is 10.4. The van der Waals surface area contributed by atoms with Gasteiger partial charge in [-0.2, -0.15) is 0 Å². The number of nitrogens with one attached hydrogen (secondary N) is 2. The highest BCUT2D eigenvalue weighted by molar-refractivity contribution is 7.80. The van der Waals surface area contributed by atoms with Crippen LogP contribution in [0.5, 0.6) is 0 Å². The first-order valence-corrected chi connectivity index (χ1v) is 5.55. The van der Waals surface area contributed by atoms with Gasteiger partial charge in [-0.15, -0.1) is 0 Å². The lowest BCUT2D eigenvalue weighted by Gasteiger charge is -2.11. The number of ether oxygens (including phenoxy) is 1. The van der Waals surface area contributed by atoms with E-state index in [1.54, 1.807) is 13.3 Å². The zero-order chi connectivity index (χ0) is 11.8. The van der Waals surface area contributed by atoms with Crippen LogP contribution in [0, 0.1) is 6.92 Å². The second-order valence-corrected chi connectivity index (χ2v) is 3.81. The molecular formula is C11H17N3OS. The number of rotatable bonds is 5. The van der Waals surface area contributed by atoms with Gasteiger partial charge in [0.1, 0.15) is 0 Å². The predicted octanol–water partition coefficient (Wildman–Crippen LogP) is 1.00. The molecule has 0 atom stereocenters. The third-order valence-corrected chi connectivity index (χ3v) is 2.47. The average molecular weight is 239 g/mol. The second kappa shape index (κ2) is 7.14. The third-order valence-electron chi connectivity index (χ3n) is 2.18. The highest BCUT2D eigenvalue weighted by atomic mass is 32.1. The van der Waals surface area contributed by atoms with Gasteiger partial charge in [-0.25, -0.2) is 0 Å². The van der Waals surface area contributed by atoms with Crippen molar-refractivity contribution in [1.29, 1.82) is 0 Å². The Morgan fingerprint density at radius 1 is 1.50 bits per heavy atom. The van der Waals surface area contributed by atoms with Crippen LogP contribution in [0.1, 0.15) is 11.1 Å². The lowest BCUT2D eigenvalue weighted by atomic mass is 10.2. The van der Waals surface area contributed by atoms with Crippen LogP contribution in [0.4, 0.5) is 0 Å². The zero-order valence-electron chi connectivity index (χ0n) is 9.62. The third kappa shape index (κ3) is 4.55. The van der Waals surface area contributed by atoms with Crippen LogP contribution >= 0.6 is 12.2 Å². The standard InChI is InChI=1S/C11H17N3OS/c1-9-3-4-12-7-10(9)8-14-11(16)13-5-6-15-2/h3-4,7H,5-6,8H2,1-2H3,(H2,13,14,16). The molecule has 0 spiro atoms. The summed E-state index contributed by atoms with van der Waals surface area (Å²) in [6.45, 7) is 4.11. The molecule has 4 nitrogen and oxygen atoms in total. The Morgan fingerprint density at radius 2 is 2.31 bits per heavy atom. The molecule has 0 aliphatic carbocycles. The molecule has 0 amide bonds. The van der Waals surface area contributed by atoms with Crippen molar-refractivity contribution in [2.75, 3.05) is 20.3 Å². The maximum absolute atomic E-state index is 5.11. The molecule has 0 saturated heterocycles. The number of hydrogen-bond donors (Lipinski definition) is 2. The van der Waals surface area contributed by atoms with Crippen molar-refractivity contribution in [3.05, 3.63) is 29.6 Å². The molecule has 0 fully saturated rings. The van der Waals surface area contributed by atoms with Crippen LogP contribution in [0.25, 0.3) is 0 Å². The fourth-order valence-corrected chi connectivity index (χ4v) is 1.36. The summed E-state index contributed by atoms with van der Waals surface area (Å²) in [4.78, 5) is 4.08. The van der Waals surface area contributed by atoms with Gasteiger partial charge in [0.05, 0.1) is 6.61 Å². The van der Waals surface area contributed by atoms with E-state index >= 15 is 0 Å². The summed E-state index contributed by atoms with van der Waals surface area (Å²) >= 11 is 5.11. The Hall–Kier alpha value is -1.20. The van der Waals surface area contributed by atoms with E-state index in [0.717, 1.165) is 5.56 Å². The molecule has 0 aromatic carbocycles. The molecule has 0 bridgehead atoms. The lowest BCUT2D eigenvalue weighted by molar-refractivity contribution is 0.204. The number of thiocarbonyl (C=S) groups is 1. The van der Waals surface area contributed by atoms with E-state index in [4.69, 9.17) is 17.0 Å². The molecule has 2 N–H and O–H groups in total. The smallest absolute Gasteiger partial charge is 0.166 e. The van der Waals surface area contributed by atoms with Crippen LogP contribution in [0.2, 0.25) is 0 Å². The van der Waals surface area contributed by atoms with Crippen molar-refractivity contribution < 1.29 is 4.74 Å². The van der Waals surface area contributed by atoms with Gasteiger partial charge in [0.2, 0.25) is 0 Å². The number of pyridine rings is 1. The van der Waals surface area contributed by atoms with Gasteiger partial charge in [0.15, 0.2) is 5.11 Å². The Morgan fingerprint density at radius 3 is 3.00 bits per heavy atom. The SMILES string of the molecule is COCCNC(=S)NCc1cnccc1C. The molecule has 0 aliphatic heterocycles. The van der Waals surface area contributed by atoms with Gasteiger partial charge < -0.3 is 15.4 Å². The molecular weight excluding hydrogens is 222 g/mol. The second-order valence-electron chi connectivity index (χ2n) is 3.40. The van der Waals surface area contributed by atoms with E-state index in [1.807, 2.05) is 12.3 Å². The van der Waals surface area contributed by atoms with Gasteiger partial charge >= 0.3 is 0 Å². The number of methoxy groups -OCH3 is 1. The van der Waals surface area contributed by atoms with E-state index < -0.39 is 0 Å². The molecule has 88 valence electrons. The van der Waals surface area contributed by atoms with Gasteiger partial charge in [-0.1, -0.05) is 0 Å². The predicted molar refractivity (Wildman–Crippen MR) is 68.3 cm³/mol. The lowest BCUT2D eigenvalue weighted by Crippen LogP contribution is -2.36. The Bertz CT molecular complexity index is 344. The monoisotopic (exact) mass is 239 g/mol. The van der Waals surface area contributed by atoms with Crippen molar-refractivity contribution >= 4 is 17.3 Å². The quantitative estimate of drug-likeness (QED) is 0.593. The fraction of sp³-hybridized carbons (Fsp3) is 0.455. The van der Waals surface area contributed by atoms with Crippen molar-refractivity contribution in [1.82, 2.24) is 15.6 Å². The molecule has 1 aromatic rings. The van der Waals surface area contributed by atoms with E-state index in [0.29, 0.717) is 24.8 Å². The molecule has 0 radical (unpaired) electrons. The highest BCUT2D eigenvalue weighted by Crippen LogP contribution is 2.03. The van der Waals surface area contributed by atoms with E-state index in [9.17, 15) is 0 Å². The molecule has 1 aromatic heterocycles. The first-order valence-electron chi connectivity index (χ1n) is 5.14. The molecule has 0 aliphatic rings. The summed E-state index contributed by atoms with van der Waals surface area (Å²) in [5.41, 5.74) is 2.36. The van der Waals surface area contributed by atoms with E-state index in [1.165, 1.54) is 5.56 Å². The summed E-state index contributed by atoms with van der Waals surface area (Å²) < 4.78 is 4.91. The fourth-order valence-electron chi connectivity index (χ4n) is 1.19. The maximum Gasteiger partial charge on any atom is 0.166 e. The summed E-state index contributed by atoms with van der Waals surface area (Å²) in [7, 11) is 1.66.